The van der Waals surface area contributed by atoms with Crippen LogP contribution in [0.15, 0.2) is 4.42 Å². The number of rotatable bonds is 2. The molecule has 10 heavy (non-hydrogen) atoms. The molecule has 5 heteroatoms. The average Bonchev–Trinajstić information content (AvgIpc) is 2.30. The van der Waals surface area contributed by atoms with Crippen LogP contribution in [0.25, 0.3) is 0 Å². The van der Waals surface area contributed by atoms with Gasteiger partial charge in [0, 0.05) is 6.42 Å². The second-order valence-electron chi connectivity index (χ2n) is 1.76. The molecule has 0 aliphatic rings. The fourth-order valence-electron chi connectivity index (χ4n) is 0.582. The van der Waals surface area contributed by atoms with Crippen molar-refractivity contribution in [2.45, 2.75) is 20.1 Å². The molecule has 0 saturated carbocycles. The monoisotopic (exact) mass is 160 g/mol. The highest BCUT2D eigenvalue weighted by atomic mass is 32.1. The second-order valence-corrected chi connectivity index (χ2v) is 2.11. The second kappa shape index (κ2) is 2.94. The first-order valence-electron chi connectivity index (χ1n) is 2.95. The molecule has 1 rings (SSSR count). The molecule has 0 spiro atoms. The standard InChI is InChI=1S/C5H8N2O2S/c1-2-4-6-7(3-8)5(10)9-4/h8H,2-3H2,1H3. The highest BCUT2D eigenvalue weighted by molar-refractivity contribution is 7.71. The lowest BCUT2D eigenvalue weighted by molar-refractivity contribution is 0.190. The summed E-state index contributed by atoms with van der Waals surface area (Å²) in [6.07, 6.45) is 0.691. The highest BCUT2D eigenvalue weighted by Gasteiger charge is 1.99. The minimum absolute atomic E-state index is 0.220. The Morgan fingerprint density at radius 2 is 2.50 bits per heavy atom. The van der Waals surface area contributed by atoms with Crippen LogP contribution in [0.1, 0.15) is 12.8 Å². The van der Waals surface area contributed by atoms with Gasteiger partial charge in [-0.25, -0.2) is 0 Å². The van der Waals surface area contributed by atoms with Crippen LogP contribution in [0.2, 0.25) is 0 Å². The summed E-state index contributed by atoms with van der Waals surface area (Å²) in [6.45, 7) is 1.69. The number of nitrogens with zero attached hydrogens (tertiary/aromatic N) is 2. The molecule has 0 aliphatic heterocycles. The lowest BCUT2D eigenvalue weighted by Gasteiger charge is -1.85. The molecular weight excluding hydrogens is 152 g/mol. The number of aromatic nitrogens is 2. The van der Waals surface area contributed by atoms with E-state index in [2.05, 4.69) is 5.10 Å². The van der Waals surface area contributed by atoms with Gasteiger partial charge in [0.05, 0.1) is 0 Å². The van der Waals surface area contributed by atoms with Crippen LogP contribution >= 0.6 is 12.2 Å². The van der Waals surface area contributed by atoms with Crippen LogP contribution in [0.3, 0.4) is 0 Å². The molecule has 1 aromatic rings. The van der Waals surface area contributed by atoms with Crippen molar-refractivity contribution < 1.29 is 9.52 Å². The van der Waals surface area contributed by atoms with Crippen molar-refractivity contribution in [1.82, 2.24) is 9.78 Å². The lowest BCUT2D eigenvalue weighted by atomic mass is 10.5. The normalized spacial score (nSPS) is 10.2. The molecule has 0 fully saturated rings. The minimum atomic E-state index is -0.220. The molecule has 0 unspecified atom stereocenters. The van der Waals surface area contributed by atoms with E-state index < -0.39 is 0 Å². The zero-order valence-electron chi connectivity index (χ0n) is 5.57. The van der Waals surface area contributed by atoms with Gasteiger partial charge in [-0.15, -0.1) is 5.10 Å². The maximum absolute atomic E-state index is 8.60. The summed E-state index contributed by atoms with van der Waals surface area (Å²) in [6, 6.07) is 0. The van der Waals surface area contributed by atoms with Crippen molar-refractivity contribution in [3.8, 4) is 0 Å². The Morgan fingerprint density at radius 1 is 1.80 bits per heavy atom. The van der Waals surface area contributed by atoms with Crippen molar-refractivity contribution >= 4 is 12.2 Å². The van der Waals surface area contributed by atoms with Gasteiger partial charge in [0.15, 0.2) is 0 Å². The number of hydrogen-bond acceptors (Lipinski definition) is 4. The Bertz CT molecular complexity index is 265. The van der Waals surface area contributed by atoms with E-state index in [-0.39, 0.29) is 11.6 Å². The molecule has 0 radical (unpaired) electrons. The number of aryl methyl sites for hydroxylation is 1. The summed E-state index contributed by atoms with van der Waals surface area (Å²) in [5, 5.41) is 12.4. The van der Waals surface area contributed by atoms with Gasteiger partial charge in [-0.3, -0.25) is 0 Å². The molecule has 0 saturated heterocycles. The topological polar surface area (TPSA) is 51.2 Å². The molecule has 0 atom stereocenters. The average molecular weight is 160 g/mol. The van der Waals surface area contributed by atoms with Crippen LogP contribution in [0.5, 0.6) is 0 Å². The summed E-state index contributed by atoms with van der Waals surface area (Å²) < 4.78 is 6.19. The number of hydrogen-bond donors (Lipinski definition) is 1. The zero-order chi connectivity index (χ0) is 7.56. The maximum atomic E-state index is 8.60. The van der Waals surface area contributed by atoms with E-state index in [1.165, 1.54) is 4.68 Å². The maximum Gasteiger partial charge on any atom is 0.289 e. The van der Waals surface area contributed by atoms with E-state index in [1.807, 2.05) is 6.92 Å². The Labute approximate surface area is 63.1 Å². The van der Waals surface area contributed by atoms with Crippen molar-refractivity contribution in [1.29, 1.82) is 0 Å². The first kappa shape index (κ1) is 7.43. The van der Waals surface area contributed by atoms with Gasteiger partial charge in [0.2, 0.25) is 5.89 Å². The van der Waals surface area contributed by atoms with E-state index in [0.29, 0.717) is 12.3 Å². The van der Waals surface area contributed by atoms with Gasteiger partial charge in [-0.05, 0) is 12.2 Å². The van der Waals surface area contributed by atoms with E-state index in [4.69, 9.17) is 21.7 Å². The van der Waals surface area contributed by atoms with Crippen LogP contribution < -0.4 is 0 Å². The summed E-state index contributed by atoms with van der Waals surface area (Å²) in [5.41, 5.74) is 0. The van der Waals surface area contributed by atoms with Crippen molar-refractivity contribution in [2.75, 3.05) is 0 Å². The summed E-state index contributed by atoms with van der Waals surface area (Å²) in [7, 11) is 0. The number of aliphatic hydroxyl groups is 1. The van der Waals surface area contributed by atoms with Gasteiger partial charge in [0.1, 0.15) is 6.73 Å². The molecule has 56 valence electrons. The van der Waals surface area contributed by atoms with Gasteiger partial charge in [-0.2, -0.15) is 4.68 Å². The quantitative estimate of drug-likeness (QED) is 0.647. The minimum Gasteiger partial charge on any atom is -0.414 e. The Balaban J connectivity index is 3.04. The summed E-state index contributed by atoms with van der Waals surface area (Å²) >= 11 is 4.71. The molecular formula is C5H8N2O2S. The molecule has 0 amide bonds. The van der Waals surface area contributed by atoms with E-state index >= 15 is 0 Å². The molecule has 0 bridgehead atoms. The number of aliphatic hydroxyl groups excluding tert-OH is 1. The zero-order valence-corrected chi connectivity index (χ0v) is 6.39. The van der Waals surface area contributed by atoms with Crippen LogP contribution in [0.4, 0.5) is 0 Å². The molecule has 1 N–H and O–H groups in total. The molecule has 4 nitrogen and oxygen atoms in total. The van der Waals surface area contributed by atoms with Crippen molar-refractivity contribution in [3.05, 3.63) is 10.7 Å². The first-order chi connectivity index (χ1) is 4.77. The molecule has 1 heterocycles. The molecule has 1 aromatic heterocycles. The van der Waals surface area contributed by atoms with Gasteiger partial charge in [-0.1, -0.05) is 6.92 Å². The fraction of sp³-hybridized carbons (Fsp3) is 0.600. The molecule has 0 aliphatic carbocycles. The van der Waals surface area contributed by atoms with Crippen LogP contribution in [0, 0.1) is 4.84 Å². The Morgan fingerprint density at radius 3 is 2.80 bits per heavy atom. The predicted molar refractivity (Wildman–Crippen MR) is 36.9 cm³/mol. The summed E-state index contributed by atoms with van der Waals surface area (Å²) in [4.78, 5) is 0.222. The SMILES string of the molecule is CCc1nn(CO)c(=S)o1. The highest BCUT2D eigenvalue weighted by Crippen LogP contribution is 1.98. The fourth-order valence-corrected chi connectivity index (χ4v) is 0.776. The predicted octanol–water partition coefficient (Wildman–Crippen LogP) is 0.718. The third-order valence-corrected chi connectivity index (χ3v) is 1.38. The van der Waals surface area contributed by atoms with E-state index in [9.17, 15) is 0 Å². The largest absolute Gasteiger partial charge is 0.414 e. The lowest BCUT2D eigenvalue weighted by Crippen LogP contribution is -1.98. The van der Waals surface area contributed by atoms with Crippen LogP contribution in [-0.2, 0) is 13.2 Å². The third-order valence-electron chi connectivity index (χ3n) is 1.08. The van der Waals surface area contributed by atoms with Gasteiger partial charge >= 0.3 is 0 Å². The Kier molecular flexibility index (Phi) is 2.18. The van der Waals surface area contributed by atoms with Gasteiger partial charge < -0.3 is 9.52 Å². The van der Waals surface area contributed by atoms with E-state index in [0.717, 1.165) is 0 Å². The van der Waals surface area contributed by atoms with E-state index in [1.54, 1.807) is 0 Å². The third kappa shape index (κ3) is 1.25. The van der Waals surface area contributed by atoms with Gasteiger partial charge in [0.25, 0.3) is 4.84 Å². The van der Waals surface area contributed by atoms with Crippen LogP contribution in [-0.4, -0.2) is 14.9 Å². The van der Waals surface area contributed by atoms with Crippen molar-refractivity contribution in [3.63, 3.8) is 0 Å². The first-order valence-corrected chi connectivity index (χ1v) is 3.36. The van der Waals surface area contributed by atoms with Crippen molar-refractivity contribution in [2.24, 2.45) is 0 Å². The summed E-state index contributed by atoms with van der Waals surface area (Å²) in [5.74, 6) is 0.555. The molecule has 0 aromatic carbocycles. The Hall–Kier alpha value is -0.680. The smallest absolute Gasteiger partial charge is 0.289 e.